The van der Waals surface area contributed by atoms with Gasteiger partial charge in [-0.2, -0.15) is 0 Å². The Balaban J connectivity index is 1.35. The molecule has 0 unspecified atom stereocenters. The molecule has 3 heterocycles. The van der Waals surface area contributed by atoms with Gasteiger partial charge < -0.3 is 0 Å². The van der Waals surface area contributed by atoms with Crippen molar-refractivity contribution in [3.63, 3.8) is 0 Å². The molecule has 3 aromatic rings. The van der Waals surface area contributed by atoms with Gasteiger partial charge in [-0.15, -0.1) is 0 Å². The van der Waals surface area contributed by atoms with E-state index in [1.54, 1.807) is 28.8 Å². The van der Waals surface area contributed by atoms with Crippen LogP contribution in [0.15, 0.2) is 53.3 Å². The second-order valence-electron chi connectivity index (χ2n) is 6.18. The average molecular weight is 427 g/mol. The first-order chi connectivity index (χ1) is 13.0. The number of halogens is 1. The van der Waals surface area contributed by atoms with Crippen LogP contribution in [0.1, 0.15) is 33.6 Å². The lowest BCUT2D eigenvalue weighted by Crippen LogP contribution is -2.31. The van der Waals surface area contributed by atoms with E-state index in [2.05, 4.69) is 26.2 Å². The number of nitrogens with one attached hydrogen (secondary N) is 1. The van der Waals surface area contributed by atoms with Gasteiger partial charge in [0.2, 0.25) is 11.9 Å². The van der Waals surface area contributed by atoms with Gasteiger partial charge in [-0.1, -0.05) is 22.0 Å². The van der Waals surface area contributed by atoms with Gasteiger partial charge in [0.1, 0.15) is 0 Å². The first kappa shape index (κ1) is 17.4. The van der Waals surface area contributed by atoms with Crippen molar-refractivity contribution >= 4 is 45.1 Å². The Kier molecular flexibility index (Phi) is 4.49. The highest BCUT2D eigenvalue weighted by molar-refractivity contribution is 9.10. The van der Waals surface area contributed by atoms with Crippen molar-refractivity contribution in [2.24, 2.45) is 0 Å². The lowest BCUT2D eigenvalue weighted by molar-refractivity contribution is -0.116. The molecule has 1 aromatic carbocycles. The molecule has 0 fully saturated rings. The third-order valence-corrected chi connectivity index (χ3v) is 4.90. The summed E-state index contributed by atoms with van der Waals surface area (Å²) in [6.45, 7) is 0.194. The van der Waals surface area contributed by atoms with E-state index < -0.39 is 0 Å². The maximum Gasteiger partial charge on any atom is 0.261 e. The molecule has 3 amide bonds. The summed E-state index contributed by atoms with van der Waals surface area (Å²) < 4.78 is 2.52. The molecule has 136 valence electrons. The summed E-state index contributed by atoms with van der Waals surface area (Å²) in [5, 5.41) is 2.76. The zero-order chi connectivity index (χ0) is 19.0. The van der Waals surface area contributed by atoms with Crippen LogP contribution < -0.4 is 5.32 Å². The maximum absolute atomic E-state index is 12.4. The number of carbonyl (C=O) groups excluding carboxylic acids is 3. The van der Waals surface area contributed by atoms with Crippen molar-refractivity contribution in [2.75, 3.05) is 11.9 Å². The number of carbonyl (C=O) groups is 3. The second kappa shape index (κ2) is 6.96. The van der Waals surface area contributed by atoms with Crippen molar-refractivity contribution in [3.05, 3.63) is 64.4 Å². The van der Waals surface area contributed by atoms with Gasteiger partial charge in [0.15, 0.2) is 0 Å². The van der Waals surface area contributed by atoms with Crippen LogP contribution in [0.25, 0.3) is 5.52 Å². The van der Waals surface area contributed by atoms with E-state index in [0.717, 1.165) is 9.99 Å². The molecule has 8 heteroatoms. The maximum atomic E-state index is 12.4. The number of nitrogens with zero attached hydrogens (tertiary/aromatic N) is 3. The standard InChI is InChI=1S/C19H15BrN4O3/c20-12-6-7-14-15(10-12)18(27)24(17(14)26)9-3-5-16(25)22-19-21-11-13-4-1-2-8-23(13)19/h1-2,4,6-8,10-11H,3,5,9H2,(H,21,22,25). The van der Waals surface area contributed by atoms with E-state index in [-0.39, 0.29) is 30.7 Å². The Bertz CT molecular complexity index is 1080. The highest BCUT2D eigenvalue weighted by Crippen LogP contribution is 2.26. The highest BCUT2D eigenvalue weighted by atomic mass is 79.9. The number of hydrogen-bond donors (Lipinski definition) is 1. The minimum absolute atomic E-state index is 0.179. The first-order valence-electron chi connectivity index (χ1n) is 8.42. The molecule has 0 radical (unpaired) electrons. The third-order valence-electron chi connectivity index (χ3n) is 4.41. The van der Waals surface area contributed by atoms with E-state index in [1.807, 2.05) is 24.4 Å². The minimum atomic E-state index is -0.323. The van der Waals surface area contributed by atoms with Gasteiger partial charge in [-0.3, -0.25) is 29.0 Å². The summed E-state index contributed by atoms with van der Waals surface area (Å²) in [6, 6.07) is 10.6. The summed E-state index contributed by atoms with van der Waals surface area (Å²) in [4.78, 5) is 42.4. The number of imidazole rings is 1. The molecule has 4 rings (SSSR count). The van der Waals surface area contributed by atoms with Crippen LogP contribution in [0.5, 0.6) is 0 Å². The summed E-state index contributed by atoms with van der Waals surface area (Å²) in [5.74, 6) is -0.412. The number of anilines is 1. The van der Waals surface area contributed by atoms with E-state index in [4.69, 9.17) is 0 Å². The van der Waals surface area contributed by atoms with E-state index >= 15 is 0 Å². The molecule has 0 atom stereocenters. The number of amides is 3. The zero-order valence-electron chi connectivity index (χ0n) is 14.2. The molecular formula is C19H15BrN4O3. The van der Waals surface area contributed by atoms with E-state index in [1.165, 1.54) is 4.90 Å². The van der Waals surface area contributed by atoms with Gasteiger partial charge in [0.05, 0.1) is 22.8 Å². The van der Waals surface area contributed by atoms with Crippen LogP contribution >= 0.6 is 15.9 Å². The molecule has 7 nitrogen and oxygen atoms in total. The largest absolute Gasteiger partial charge is 0.296 e. The number of benzene rings is 1. The van der Waals surface area contributed by atoms with Crippen LogP contribution in [-0.4, -0.2) is 38.6 Å². The van der Waals surface area contributed by atoms with Crippen LogP contribution in [0, 0.1) is 0 Å². The molecule has 2 aromatic heterocycles. The topological polar surface area (TPSA) is 83.8 Å². The lowest BCUT2D eigenvalue weighted by Gasteiger charge is -2.13. The number of rotatable bonds is 5. The molecule has 0 bridgehead atoms. The molecule has 1 aliphatic rings. The number of imide groups is 1. The van der Waals surface area contributed by atoms with Crippen molar-refractivity contribution in [3.8, 4) is 0 Å². The van der Waals surface area contributed by atoms with Gasteiger partial charge in [-0.05, 0) is 36.8 Å². The summed E-state index contributed by atoms with van der Waals surface area (Å²) in [6.07, 6.45) is 4.04. The minimum Gasteiger partial charge on any atom is -0.296 e. The van der Waals surface area contributed by atoms with Crippen molar-refractivity contribution in [1.82, 2.24) is 14.3 Å². The third kappa shape index (κ3) is 3.23. The zero-order valence-corrected chi connectivity index (χ0v) is 15.8. The molecule has 1 N–H and O–H groups in total. The molecular weight excluding hydrogens is 412 g/mol. The Morgan fingerprint density at radius 1 is 1.11 bits per heavy atom. The van der Waals surface area contributed by atoms with E-state index in [9.17, 15) is 14.4 Å². The SMILES string of the molecule is O=C(CCCN1C(=O)c2ccc(Br)cc2C1=O)Nc1ncc2ccccn12. The van der Waals surface area contributed by atoms with Crippen molar-refractivity contribution in [2.45, 2.75) is 12.8 Å². The fourth-order valence-electron chi connectivity index (χ4n) is 3.09. The predicted octanol–water partition coefficient (Wildman–Crippen LogP) is 3.11. The van der Waals surface area contributed by atoms with Gasteiger partial charge in [0.25, 0.3) is 11.8 Å². The van der Waals surface area contributed by atoms with Crippen LogP contribution in [0.3, 0.4) is 0 Å². The van der Waals surface area contributed by atoms with Crippen molar-refractivity contribution in [1.29, 1.82) is 0 Å². The Morgan fingerprint density at radius 3 is 2.78 bits per heavy atom. The Morgan fingerprint density at radius 2 is 1.93 bits per heavy atom. The number of aromatic nitrogens is 2. The number of hydrogen-bond acceptors (Lipinski definition) is 4. The first-order valence-corrected chi connectivity index (χ1v) is 9.21. The highest BCUT2D eigenvalue weighted by Gasteiger charge is 2.35. The molecule has 0 saturated heterocycles. The van der Waals surface area contributed by atoms with Gasteiger partial charge in [0, 0.05) is 23.6 Å². The van der Waals surface area contributed by atoms with Crippen LogP contribution in [0.4, 0.5) is 5.95 Å². The van der Waals surface area contributed by atoms with Gasteiger partial charge >= 0.3 is 0 Å². The molecule has 27 heavy (non-hydrogen) atoms. The molecule has 0 saturated carbocycles. The molecule has 0 aliphatic carbocycles. The normalized spacial score (nSPS) is 13.3. The summed E-state index contributed by atoms with van der Waals surface area (Å²) >= 11 is 3.31. The van der Waals surface area contributed by atoms with Crippen LogP contribution in [0.2, 0.25) is 0 Å². The fourth-order valence-corrected chi connectivity index (χ4v) is 3.45. The van der Waals surface area contributed by atoms with Crippen molar-refractivity contribution < 1.29 is 14.4 Å². The number of fused-ring (bicyclic) bond motifs is 2. The molecule has 0 spiro atoms. The van der Waals surface area contributed by atoms with E-state index in [0.29, 0.717) is 23.5 Å². The number of pyridine rings is 1. The summed E-state index contributed by atoms with van der Waals surface area (Å²) in [5.41, 5.74) is 1.67. The predicted molar refractivity (Wildman–Crippen MR) is 103 cm³/mol. The molecule has 1 aliphatic heterocycles. The summed E-state index contributed by atoms with van der Waals surface area (Å²) in [7, 11) is 0. The monoisotopic (exact) mass is 426 g/mol. The Hall–Kier alpha value is -3.00. The average Bonchev–Trinajstić information content (AvgIpc) is 3.16. The van der Waals surface area contributed by atoms with Crippen LogP contribution in [-0.2, 0) is 4.79 Å². The quantitative estimate of drug-likeness (QED) is 0.635. The second-order valence-corrected chi connectivity index (χ2v) is 7.10. The fraction of sp³-hybridized carbons (Fsp3) is 0.158. The lowest BCUT2D eigenvalue weighted by atomic mass is 10.1. The van der Waals surface area contributed by atoms with Gasteiger partial charge in [-0.25, -0.2) is 4.98 Å². The Labute approximate surface area is 163 Å². The smallest absolute Gasteiger partial charge is 0.261 e.